The SMILES string of the molecule is CC(C)CCCn1cc(Br)ccc1=O. The number of nitrogens with zero attached hydrogens (tertiary/aromatic N) is 1. The Balaban J connectivity index is 2.58. The van der Waals surface area contributed by atoms with Crippen molar-refractivity contribution in [1.82, 2.24) is 4.57 Å². The first kappa shape index (κ1) is 11.5. The Hall–Kier alpha value is -0.570. The van der Waals surface area contributed by atoms with E-state index in [9.17, 15) is 4.79 Å². The van der Waals surface area contributed by atoms with Crippen molar-refractivity contribution in [3.05, 3.63) is 33.2 Å². The molecule has 1 heterocycles. The smallest absolute Gasteiger partial charge is 0.250 e. The third kappa shape index (κ3) is 3.66. The van der Waals surface area contributed by atoms with E-state index < -0.39 is 0 Å². The highest BCUT2D eigenvalue weighted by Gasteiger charge is 1.98. The lowest BCUT2D eigenvalue weighted by molar-refractivity contribution is 0.505. The zero-order valence-corrected chi connectivity index (χ0v) is 10.3. The topological polar surface area (TPSA) is 22.0 Å². The lowest BCUT2D eigenvalue weighted by atomic mass is 10.1. The molecule has 0 spiro atoms. The van der Waals surface area contributed by atoms with Crippen LogP contribution in [0.4, 0.5) is 0 Å². The summed E-state index contributed by atoms with van der Waals surface area (Å²) in [6.45, 7) is 5.21. The second-order valence-corrected chi connectivity index (χ2v) is 4.83. The molecule has 3 heteroatoms. The molecule has 1 aromatic rings. The van der Waals surface area contributed by atoms with E-state index in [4.69, 9.17) is 0 Å². The second kappa shape index (κ2) is 5.35. The number of rotatable bonds is 4. The summed E-state index contributed by atoms with van der Waals surface area (Å²) < 4.78 is 2.72. The molecule has 0 aliphatic rings. The van der Waals surface area contributed by atoms with Gasteiger partial charge in [-0.3, -0.25) is 4.79 Å². The van der Waals surface area contributed by atoms with Crippen LogP contribution >= 0.6 is 15.9 Å². The monoisotopic (exact) mass is 257 g/mol. The molecular weight excluding hydrogens is 242 g/mol. The van der Waals surface area contributed by atoms with Crippen molar-refractivity contribution in [2.24, 2.45) is 5.92 Å². The van der Waals surface area contributed by atoms with Crippen molar-refractivity contribution < 1.29 is 0 Å². The molecule has 0 saturated heterocycles. The largest absolute Gasteiger partial charge is 0.314 e. The number of hydrogen-bond donors (Lipinski definition) is 0. The summed E-state index contributed by atoms with van der Waals surface area (Å²) >= 11 is 3.36. The van der Waals surface area contributed by atoms with Crippen LogP contribution in [0.2, 0.25) is 0 Å². The van der Waals surface area contributed by atoms with Crippen LogP contribution in [0.3, 0.4) is 0 Å². The highest BCUT2D eigenvalue weighted by molar-refractivity contribution is 9.10. The molecule has 0 aliphatic carbocycles. The van der Waals surface area contributed by atoms with Gasteiger partial charge in [-0.15, -0.1) is 0 Å². The summed E-state index contributed by atoms with van der Waals surface area (Å²) in [4.78, 5) is 11.4. The van der Waals surface area contributed by atoms with Gasteiger partial charge in [-0.2, -0.15) is 0 Å². The quantitative estimate of drug-likeness (QED) is 0.813. The normalized spacial score (nSPS) is 10.9. The maximum Gasteiger partial charge on any atom is 0.250 e. The van der Waals surface area contributed by atoms with E-state index in [0.717, 1.165) is 17.4 Å². The van der Waals surface area contributed by atoms with Crippen LogP contribution in [-0.4, -0.2) is 4.57 Å². The molecule has 2 nitrogen and oxygen atoms in total. The Morgan fingerprint density at radius 2 is 2.14 bits per heavy atom. The summed E-state index contributed by atoms with van der Waals surface area (Å²) in [5.74, 6) is 0.706. The molecule has 0 radical (unpaired) electrons. The predicted molar refractivity (Wildman–Crippen MR) is 62.5 cm³/mol. The van der Waals surface area contributed by atoms with Gasteiger partial charge in [0.2, 0.25) is 0 Å². The number of aromatic nitrogens is 1. The molecule has 1 rings (SSSR count). The molecule has 14 heavy (non-hydrogen) atoms. The molecule has 0 atom stereocenters. The zero-order valence-electron chi connectivity index (χ0n) is 8.66. The Morgan fingerprint density at radius 3 is 2.79 bits per heavy atom. The van der Waals surface area contributed by atoms with Crippen molar-refractivity contribution in [3.63, 3.8) is 0 Å². The fourth-order valence-corrected chi connectivity index (χ4v) is 1.73. The van der Waals surface area contributed by atoms with E-state index in [1.807, 2.05) is 6.20 Å². The third-order valence-electron chi connectivity index (χ3n) is 2.13. The van der Waals surface area contributed by atoms with Crippen molar-refractivity contribution in [3.8, 4) is 0 Å². The first-order valence-corrected chi connectivity index (χ1v) is 5.75. The Morgan fingerprint density at radius 1 is 1.43 bits per heavy atom. The highest BCUT2D eigenvalue weighted by Crippen LogP contribution is 2.07. The van der Waals surface area contributed by atoms with Gasteiger partial charge in [-0.25, -0.2) is 0 Å². The van der Waals surface area contributed by atoms with Crippen molar-refractivity contribution in [2.45, 2.75) is 33.2 Å². The van der Waals surface area contributed by atoms with Gasteiger partial charge >= 0.3 is 0 Å². The van der Waals surface area contributed by atoms with Crippen LogP contribution in [0, 0.1) is 5.92 Å². The lowest BCUT2D eigenvalue weighted by Crippen LogP contribution is -2.18. The van der Waals surface area contributed by atoms with E-state index in [1.165, 1.54) is 6.42 Å². The van der Waals surface area contributed by atoms with Gasteiger partial charge in [-0.05, 0) is 40.8 Å². The maximum absolute atomic E-state index is 11.4. The molecule has 0 aromatic carbocycles. The van der Waals surface area contributed by atoms with Gasteiger partial charge in [0.1, 0.15) is 0 Å². The van der Waals surface area contributed by atoms with Crippen molar-refractivity contribution in [1.29, 1.82) is 0 Å². The fraction of sp³-hybridized carbons (Fsp3) is 0.545. The van der Waals surface area contributed by atoms with Gasteiger partial charge in [0.25, 0.3) is 5.56 Å². The Kier molecular flexibility index (Phi) is 4.39. The summed E-state index contributed by atoms with van der Waals surface area (Å²) in [5.41, 5.74) is 0.0805. The third-order valence-corrected chi connectivity index (χ3v) is 2.60. The summed E-state index contributed by atoms with van der Waals surface area (Å²) in [5, 5.41) is 0. The molecule has 0 N–H and O–H groups in total. The minimum atomic E-state index is 0.0805. The number of halogens is 1. The molecule has 0 bridgehead atoms. The second-order valence-electron chi connectivity index (χ2n) is 3.92. The standard InChI is InChI=1S/C11H16BrNO/c1-9(2)4-3-7-13-8-10(12)5-6-11(13)14/h5-6,8-9H,3-4,7H2,1-2H3. The highest BCUT2D eigenvalue weighted by atomic mass is 79.9. The first-order chi connectivity index (χ1) is 6.59. The summed E-state index contributed by atoms with van der Waals surface area (Å²) in [7, 11) is 0. The molecule has 0 unspecified atom stereocenters. The average molecular weight is 258 g/mol. The van der Waals surface area contributed by atoms with E-state index in [-0.39, 0.29) is 5.56 Å². The molecule has 1 aromatic heterocycles. The van der Waals surface area contributed by atoms with Gasteiger partial charge in [0.15, 0.2) is 0 Å². The van der Waals surface area contributed by atoms with E-state index in [1.54, 1.807) is 16.7 Å². The maximum atomic E-state index is 11.4. The van der Waals surface area contributed by atoms with E-state index in [2.05, 4.69) is 29.8 Å². The van der Waals surface area contributed by atoms with Crippen LogP contribution in [-0.2, 0) is 6.54 Å². The van der Waals surface area contributed by atoms with Gasteiger partial charge in [0.05, 0.1) is 0 Å². The Bertz CT molecular complexity index is 343. The van der Waals surface area contributed by atoms with Crippen LogP contribution in [0.25, 0.3) is 0 Å². The van der Waals surface area contributed by atoms with Gasteiger partial charge in [0, 0.05) is 23.3 Å². The molecule has 0 fully saturated rings. The van der Waals surface area contributed by atoms with Gasteiger partial charge < -0.3 is 4.57 Å². The van der Waals surface area contributed by atoms with Gasteiger partial charge in [-0.1, -0.05) is 13.8 Å². The fourth-order valence-electron chi connectivity index (χ4n) is 1.35. The Labute approximate surface area is 93.1 Å². The van der Waals surface area contributed by atoms with E-state index in [0.29, 0.717) is 5.92 Å². The molecule has 0 aliphatic heterocycles. The molecule has 78 valence electrons. The number of aryl methyl sites for hydroxylation is 1. The molecule has 0 amide bonds. The number of hydrogen-bond acceptors (Lipinski definition) is 1. The average Bonchev–Trinajstić information content (AvgIpc) is 2.10. The van der Waals surface area contributed by atoms with Crippen LogP contribution in [0.5, 0.6) is 0 Å². The first-order valence-electron chi connectivity index (χ1n) is 4.95. The van der Waals surface area contributed by atoms with Crippen LogP contribution in [0.1, 0.15) is 26.7 Å². The van der Waals surface area contributed by atoms with Crippen molar-refractivity contribution in [2.75, 3.05) is 0 Å². The minimum absolute atomic E-state index is 0.0805. The molecule has 0 saturated carbocycles. The predicted octanol–water partition coefficient (Wildman–Crippen LogP) is 3.05. The van der Waals surface area contributed by atoms with Crippen LogP contribution < -0.4 is 5.56 Å². The summed E-state index contributed by atoms with van der Waals surface area (Å²) in [6, 6.07) is 3.38. The molecular formula is C11H16BrNO. The van der Waals surface area contributed by atoms with E-state index >= 15 is 0 Å². The summed E-state index contributed by atoms with van der Waals surface area (Å²) in [6.07, 6.45) is 4.08. The van der Waals surface area contributed by atoms with Crippen molar-refractivity contribution >= 4 is 15.9 Å². The number of pyridine rings is 1. The van der Waals surface area contributed by atoms with Crippen LogP contribution in [0.15, 0.2) is 27.6 Å². The minimum Gasteiger partial charge on any atom is -0.314 e. The zero-order chi connectivity index (χ0) is 10.6. The lowest BCUT2D eigenvalue weighted by Gasteiger charge is -2.07.